The van der Waals surface area contributed by atoms with Crippen LogP contribution in [0.2, 0.25) is 0 Å². The minimum absolute atomic E-state index is 0.100. The molecule has 328 valence electrons. The van der Waals surface area contributed by atoms with E-state index in [1.54, 1.807) is 9.80 Å². The Morgan fingerprint density at radius 3 is 1.77 bits per heavy atom. The molecule has 0 aliphatic carbocycles. The highest BCUT2D eigenvalue weighted by molar-refractivity contribution is 6.00. The van der Waals surface area contributed by atoms with Crippen LogP contribution in [0, 0.1) is 11.8 Å². The van der Waals surface area contributed by atoms with Crippen molar-refractivity contribution in [2.75, 3.05) is 39.3 Å². The lowest BCUT2D eigenvalue weighted by Crippen LogP contribution is -2.40. The molecule has 2 atom stereocenters. The van der Waals surface area contributed by atoms with Crippen LogP contribution in [-0.4, -0.2) is 104 Å². The standard InChI is InChI=1S/C26H35N3O3.C23H31N3O3/c1-6-12-29-22-10-9-19(24(30)27-13-7-8-18(2)16-27)15-20(22)21-17-28(14-11-23(21)29)25(31)32-26(3,4)5;1-15-6-5-10-25(13-15)21(27)16-7-8-19-17(12-16)18-14-26(11-9-20(18)24-19)22(28)29-23(2,3)4/h6,9-10,15,18H,1,7-8,11-14,16-17H2,2-5H3;7-8,12,15,24H,5-6,9-11,13-14H2,1-4H3. The summed E-state index contributed by atoms with van der Waals surface area (Å²) in [6.45, 7) is 25.9. The summed E-state index contributed by atoms with van der Waals surface area (Å²) < 4.78 is 13.4. The predicted molar refractivity (Wildman–Crippen MR) is 240 cm³/mol. The molecular formula is C49H66N6O6. The lowest BCUT2D eigenvalue weighted by molar-refractivity contribution is 0.0213. The van der Waals surface area contributed by atoms with E-state index >= 15 is 0 Å². The van der Waals surface area contributed by atoms with Crippen molar-refractivity contribution in [3.05, 3.63) is 82.7 Å². The van der Waals surface area contributed by atoms with Crippen molar-refractivity contribution >= 4 is 45.8 Å². The van der Waals surface area contributed by atoms with Gasteiger partial charge in [-0.25, -0.2) is 9.59 Å². The lowest BCUT2D eigenvalue weighted by Gasteiger charge is -2.31. The van der Waals surface area contributed by atoms with Gasteiger partial charge < -0.3 is 38.6 Å². The van der Waals surface area contributed by atoms with Crippen molar-refractivity contribution in [1.29, 1.82) is 0 Å². The van der Waals surface area contributed by atoms with E-state index in [9.17, 15) is 19.2 Å². The van der Waals surface area contributed by atoms with Gasteiger partial charge in [-0.2, -0.15) is 0 Å². The van der Waals surface area contributed by atoms with E-state index in [0.717, 1.165) is 102 Å². The monoisotopic (exact) mass is 835 g/mol. The van der Waals surface area contributed by atoms with Crippen LogP contribution in [0.4, 0.5) is 9.59 Å². The number of nitrogens with one attached hydrogen (secondary N) is 1. The van der Waals surface area contributed by atoms with E-state index in [2.05, 4.69) is 36.0 Å². The van der Waals surface area contributed by atoms with Crippen LogP contribution in [0.1, 0.15) is 124 Å². The SMILES string of the molecule is C=CCn1c2c(c3cc(C(=O)N4CCCC(C)C4)ccc31)CN(C(=O)OC(C)(C)C)CC2.CC1CCCN(C(=O)c2ccc3[nH]c4c(c3c2)CN(C(=O)OC(C)(C)C)CC4)C1. The predicted octanol–water partition coefficient (Wildman–Crippen LogP) is 9.33. The number of aromatic nitrogens is 2. The molecule has 61 heavy (non-hydrogen) atoms. The Labute approximate surface area is 361 Å². The van der Waals surface area contributed by atoms with Crippen LogP contribution in [0.15, 0.2) is 49.1 Å². The van der Waals surface area contributed by atoms with Gasteiger partial charge in [-0.1, -0.05) is 19.9 Å². The molecular weight excluding hydrogens is 769 g/mol. The zero-order valence-corrected chi connectivity index (χ0v) is 37.7. The van der Waals surface area contributed by atoms with E-state index in [-0.39, 0.29) is 24.0 Å². The number of likely N-dealkylation sites (tertiary alicyclic amines) is 2. The minimum atomic E-state index is -0.528. The molecule has 12 nitrogen and oxygen atoms in total. The Morgan fingerprint density at radius 2 is 1.23 bits per heavy atom. The number of benzene rings is 2. The molecule has 6 heterocycles. The van der Waals surface area contributed by atoms with Crippen molar-refractivity contribution in [2.24, 2.45) is 11.8 Å². The molecule has 4 amide bonds. The van der Waals surface area contributed by atoms with Gasteiger partial charge in [0.05, 0.1) is 13.1 Å². The Balaban J connectivity index is 0.000000185. The van der Waals surface area contributed by atoms with E-state index in [0.29, 0.717) is 44.6 Å². The van der Waals surface area contributed by atoms with Crippen molar-refractivity contribution < 1.29 is 28.7 Å². The fourth-order valence-corrected chi connectivity index (χ4v) is 9.35. The summed E-state index contributed by atoms with van der Waals surface area (Å²) in [5, 5.41) is 2.08. The number of carbonyl (C=O) groups is 4. The summed E-state index contributed by atoms with van der Waals surface area (Å²) in [6, 6.07) is 11.9. The largest absolute Gasteiger partial charge is 0.444 e. The van der Waals surface area contributed by atoms with Gasteiger partial charge in [0, 0.05) is 114 Å². The minimum Gasteiger partial charge on any atom is -0.444 e. The molecule has 1 N–H and O–H groups in total. The zero-order chi connectivity index (χ0) is 43.8. The Kier molecular flexibility index (Phi) is 12.7. The first-order valence-corrected chi connectivity index (χ1v) is 22.3. The van der Waals surface area contributed by atoms with E-state index in [4.69, 9.17) is 9.47 Å². The van der Waals surface area contributed by atoms with Gasteiger partial charge in [0.25, 0.3) is 11.8 Å². The fourth-order valence-electron chi connectivity index (χ4n) is 9.35. The van der Waals surface area contributed by atoms with Crippen LogP contribution in [0.5, 0.6) is 0 Å². The zero-order valence-electron chi connectivity index (χ0n) is 37.7. The van der Waals surface area contributed by atoms with Gasteiger partial charge in [-0.05, 0) is 115 Å². The van der Waals surface area contributed by atoms with Gasteiger partial charge in [0.2, 0.25) is 0 Å². The average molecular weight is 835 g/mol. The maximum atomic E-state index is 13.2. The van der Waals surface area contributed by atoms with Crippen LogP contribution < -0.4 is 0 Å². The highest BCUT2D eigenvalue weighted by Gasteiger charge is 2.32. The maximum absolute atomic E-state index is 13.2. The van der Waals surface area contributed by atoms with Crippen LogP contribution in [-0.2, 0) is 41.9 Å². The Hall–Kier alpha value is -5.26. The number of H-pyrrole nitrogens is 1. The van der Waals surface area contributed by atoms with Gasteiger partial charge in [0.1, 0.15) is 11.2 Å². The molecule has 2 aromatic carbocycles. The third-order valence-corrected chi connectivity index (χ3v) is 12.2. The molecule has 2 fully saturated rings. The quantitative estimate of drug-likeness (QED) is 0.205. The van der Waals surface area contributed by atoms with E-state index < -0.39 is 11.2 Å². The van der Waals surface area contributed by atoms with Crippen molar-refractivity contribution in [3.63, 3.8) is 0 Å². The third kappa shape index (κ3) is 9.94. The number of carbonyl (C=O) groups excluding carboxylic acids is 4. The second-order valence-corrected chi connectivity index (χ2v) is 19.7. The molecule has 4 aliphatic rings. The van der Waals surface area contributed by atoms with Crippen molar-refractivity contribution in [1.82, 2.24) is 29.2 Å². The van der Waals surface area contributed by atoms with Crippen molar-refractivity contribution in [2.45, 2.75) is 125 Å². The summed E-state index contributed by atoms with van der Waals surface area (Å²) >= 11 is 0. The molecule has 4 aliphatic heterocycles. The summed E-state index contributed by atoms with van der Waals surface area (Å²) in [7, 11) is 0. The third-order valence-electron chi connectivity index (χ3n) is 12.2. The Bertz CT molecular complexity index is 2310. The second-order valence-electron chi connectivity index (χ2n) is 19.7. The number of rotatable bonds is 4. The maximum Gasteiger partial charge on any atom is 0.410 e. The number of hydrogen-bond acceptors (Lipinski definition) is 6. The number of aromatic amines is 1. The summed E-state index contributed by atoms with van der Waals surface area (Å²) in [5.74, 6) is 1.30. The molecule has 12 heteroatoms. The average Bonchev–Trinajstić information content (AvgIpc) is 3.73. The topological polar surface area (TPSA) is 120 Å². The van der Waals surface area contributed by atoms with Gasteiger partial charge in [-0.3, -0.25) is 9.59 Å². The van der Waals surface area contributed by atoms with Gasteiger partial charge in [-0.15, -0.1) is 6.58 Å². The molecule has 0 saturated carbocycles. The number of fused-ring (bicyclic) bond motifs is 6. The van der Waals surface area contributed by atoms with E-state index in [1.165, 1.54) is 18.5 Å². The number of ether oxygens (including phenoxy) is 2. The second kappa shape index (κ2) is 17.6. The van der Waals surface area contributed by atoms with Crippen molar-refractivity contribution in [3.8, 4) is 0 Å². The molecule has 0 radical (unpaired) electrons. The molecule has 0 bridgehead atoms. The van der Waals surface area contributed by atoms with Crippen LogP contribution >= 0.6 is 0 Å². The molecule has 0 spiro atoms. The Morgan fingerprint density at radius 1 is 0.705 bits per heavy atom. The first kappa shape index (κ1) is 43.8. The van der Waals surface area contributed by atoms with Crippen LogP contribution in [0.3, 0.4) is 0 Å². The molecule has 8 rings (SSSR count). The first-order valence-electron chi connectivity index (χ1n) is 22.3. The molecule has 2 aromatic heterocycles. The summed E-state index contributed by atoms with van der Waals surface area (Å²) in [5.41, 5.74) is 7.09. The highest BCUT2D eigenvalue weighted by Crippen LogP contribution is 2.34. The smallest absolute Gasteiger partial charge is 0.410 e. The normalized spacial score (nSPS) is 19.5. The summed E-state index contributed by atoms with van der Waals surface area (Å²) in [6.07, 6.45) is 7.34. The number of hydrogen-bond donors (Lipinski definition) is 1. The number of piperidine rings is 2. The van der Waals surface area contributed by atoms with E-state index in [1.807, 2.05) is 87.8 Å². The first-order chi connectivity index (χ1) is 28.9. The lowest BCUT2D eigenvalue weighted by atomic mass is 9.99. The number of amides is 4. The summed E-state index contributed by atoms with van der Waals surface area (Å²) in [4.78, 5) is 62.5. The van der Waals surface area contributed by atoms with Crippen LogP contribution in [0.25, 0.3) is 21.8 Å². The number of allylic oxidation sites excluding steroid dienone is 1. The van der Waals surface area contributed by atoms with Gasteiger partial charge in [0.15, 0.2) is 0 Å². The molecule has 2 saturated heterocycles. The fraction of sp³-hybridized carbons (Fsp3) is 0.551. The van der Waals surface area contributed by atoms with Gasteiger partial charge >= 0.3 is 12.2 Å². The number of nitrogens with zero attached hydrogens (tertiary/aromatic N) is 5. The molecule has 4 aromatic rings. The highest BCUT2D eigenvalue weighted by atomic mass is 16.6. The molecule has 2 unspecified atom stereocenters.